The number of ether oxygens (including phenoxy) is 2. The molecule has 1 amide bonds. The normalized spacial score (nSPS) is 13.4. The second kappa shape index (κ2) is 6.54. The fourth-order valence-electron chi connectivity index (χ4n) is 1.12. The molecule has 109 valence electrons. The molecule has 0 aromatic heterocycles. The Morgan fingerprint density at radius 1 is 1.05 bits per heavy atom. The molecule has 0 saturated heterocycles. The molecule has 6 heteroatoms. The quantitative estimate of drug-likeness (QED) is 0.788. The minimum atomic E-state index is -1.08. The number of hydrogen-bond acceptors (Lipinski definition) is 5. The number of carbonyl (C=O) groups excluding carboxylic acids is 3. The Morgan fingerprint density at radius 2 is 1.53 bits per heavy atom. The monoisotopic (exact) mass is 272 g/mol. The molecule has 19 heavy (non-hydrogen) atoms. The molecule has 6 nitrogen and oxygen atoms in total. The third kappa shape index (κ3) is 10.1. The van der Waals surface area contributed by atoms with Crippen LogP contribution in [-0.4, -0.2) is 35.6 Å². The minimum Gasteiger partial charge on any atom is -0.460 e. The van der Waals surface area contributed by atoms with Crippen LogP contribution in [0.4, 0.5) is 4.79 Å². The van der Waals surface area contributed by atoms with Gasteiger partial charge >= 0.3 is 12.1 Å². The lowest BCUT2D eigenvalue weighted by Gasteiger charge is -2.22. The molecule has 0 aliphatic heterocycles. The van der Waals surface area contributed by atoms with Crippen LogP contribution in [0.5, 0.6) is 0 Å². The summed E-state index contributed by atoms with van der Waals surface area (Å²) in [5.74, 6) is -0.586. The van der Waals surface area contributed by atoms with E-state index in [-0.39, 0.29) is 6.42 Å². The predicted octanol–water partition coefficient (Wildman–Crippen LogP) is 1.72. The smallest absolute Gasteiger partial charge is 0.408 e. The van der Waals surface area contributed by atoms with Crippen molar-refractivity contribution in [2.75, 3.05) is 0 Å². The van der Waals surface area contributed by atoms with E-state index in [0.717, 1.165) is 0 Å². The lowest BCUT2D eigenvalue weighted by Crippen LogP contribution is -2.41. The van der Waals surface area contributed by atoms with Gasteiger partial charge in [0.1, 0.15) is 17.2 Å². The van der Waals surface area contributed by atoms with Gasteiger partial charge in [-0.1, -0.05) is 0 Å². The molecule has 0 spiro atoms. The fraction of sp³-hybridized carbons (Fsp3) is 0.769. The molecule has 1 atom stereocenters. The zero-order valence-electron chi connectivity index (χ0n) is 12.3. The largest absolute Gasteiger partial charge is 0.460 e. The molecule has 0 fully saturated rings. The van der Waals surface area contributed by atoms with E-state index < -0.39 is 29.3 Å². The van der Waals surface area contributed by atoms with Crippen LogP contribution in [0.1, 0.15) is 48.0 Å². The second-order valence-electron chi connectivity index (χ2n) is 6.11. The summed E-state index contributed by atoms with van der Waals surface area (Å²) in [6.45, 7) is 10.2. The average molecular weight is 272 g/mol. The molecule has 1 radical (unpaired) electrons. The van der Waals surface area contributed by atoms with Gasteiger partial charge in [-0.2, -0.15) is 0 Å². The van der Waals surface area contributed by atoms with Gasteiger partial charge in [-0.3, -0.25) is 9.59 Å². The van der Waals surface area contributed by atoms with E-state index in [1.54, 1.807) is 47.8 Å². The van der Waals surface area contributed by atoms with Gasteiger partial charge in [0, 0.05) is 0 Å². The summed E-state index contributed by atoms with van der Waals surface area (Å²) in [5.41, 5.74) is -1.32. The van der Waals surface area contributed by atoms with Crippen LogP contribution in [0.3, 0.4) is 0 Å². The van der Waals surface area contributed by atoms with Crippen LogP contribution in [0, 0.1) is 0 Å². The molecule has 0 aromatic rings. The van der Waals surface area contributed by atoms with Crippen molar-refractivity contribution in [3.05, 3.63) is 0 Å². The summed E-state index contributed by atoms with van der Waals surface area (Å²) in [6.07, 6.45) is 0.521. The van der Waals surface area contributed by atoms with Crippen molar-refractivity contribution in [1.82, 2.24) is 5.32 Å². The summed E-state index contributed by atoms with van der Waals surface area (Å²) in [7, 11) is 0. The summed E-state index contributed by atoms with van der Waals surface area (Å²) in [4.78, 5) is 33.6. The lowest BCUT2D eigenvalue weighted by atomic mass is 10.2. The molecule has 1 N–H and O–H groups in total. The Hall–Kier alpha value is -1.59. The summed E-state index contributed by atoms with van der Waals surface area (Å²) in [5, 5.41) is 2.25. The first kappa shape index (κ1) is 17.4. The SMILES string of the molecule is CC(C)(C)OC(=O)C[C@@H]([C]=O)NC(=O)OC(C)(C)C. The lowest BCUT2D eigenvalue weighted by molar-refractivity contribution is -0.154. The number of nitrogens with one attached hydrogen (secondary N) is 1. The average Bonchev–Trinajstić information content (AvgIpc) is 2.10. The van der Waals surface area contributed by atoms with Gasteiger partial charge in [0.2, 0.25) is 6.29 Å². The Balaban J connectivity index is 4.33. The van der Waals surface area contributed by atoms with Gasteiger partial charge in [-0.25, -0.2) is 4.79 Å². The molecular weight excluding hydrogens is 250 g/mol. The number of amides is 1. The maximum atomic E-state index is 11.5. The Kier molecular flexibility index (Phi) is 5.99. The number of hydrogen-bond donors (Lipinski definition) is 1. The Morgan fingerprint density at radius 3 is 1.89 bits per heavy atom. The fourth-order valence-corrected chi connectivity index (χ4v) is 1.12. The van der Waals surface area contributed by atoms with Crippen molar-refractivity contribution < 1.29 is 23.9 Å². The van der Waals surface area contributed by atoms with Crippen LogP contribution in [0.2, 0.25) is 0 Å². The summed E-state index contributed by atoms with van der Waals surface area (Å²) >= 11 is 0. The molecule has 0 aliphatic rings. The maximum Gasteiger partial charge on any atom is 0.408 e. The van der Waals surface area contributed by atoms with Crippen LogP contribution in [0.25, 0.3) is 0 Å². The first-order chi connectivity index (χ1) is 8.43. The Bertz CT molecular complexity index is 308. The first-order valence-electron chi connectivity index (χ1n) is 6.02. The van der Waals surface area contributed by atoms with E-state index in [1.165, 1.54) is 0 Å². The van der Waals surface area contributed by atoms with Gasteiger partial charge in [0.25, 0.3) is 0 Å². The Labute approximate surface area is 113 Å². The van der Waals surface area contributed by atoms with Gasteiger partial charge in [-0.15, -0.1) is 0 Å². The van der Waals surface area contributed by atoms with Gasteiger partial charge in [0.15, 0.2) is 0 Å². The first-order valence-corrected chi connectivity index (χ1v) is 6.02. The van der Waals surface area contributed by atoms with Crippen molar-refractivity contribution in [2.24, 2.45) is 0 Å². The van der Waals surface area contributed by atoms with Gasteiger partial charge < -0.3 is 14.8 Å². The van der Waals surface area contributed by atoms with Crippen molar-refractivity contribution in [2.45, 2.75) is 65.2 Å². The zero-order valence-corrected chi connectivity index (χ0v) is 12.3. The maximum absolute atomic E-state index is 11.5. The van der Waals surface area contributed by atoms with Crippen LogP contribution in [0.15, 0.2) is 0 Å². The van der Waals surface area contributed by atoms with Crippen molar-refractivity contribution >= 4 is 18.3 Å². The van der Waals surface area contributed by atoms with Crippen LogP contribution < -0.4 is 5.32 Å². The highest BCUT2D eigenvalue weighted by atomic mass is 16.6. The van der Waals surface area contributed by atoms with E-state index >= 15 is 0 Å². The minimum absolute atomic E-state index is 0.278. The molecular formula is C13H22NO5. The topological polar surface area (TPSA) is 81.7 Å². The third-order valence-corrected chi connectivity index (χ3v) is 1.62. The molecule has 0 saturated carbocycles. The number of rotatable bonds is 4. The van der Waals surface area contributed by atoms with Crippen molar-refractivity contribution in [3.63, 3.8) is 0 Å². The van der Waals surface area contributed by atoms with E-state index in [1.807, 2.05) is 0 Å². The summed E-state index contributed by atoms with van der Waals surface area (Å²) < 4.78 is 10.0. The van der Waals surface area contributed by atoms with E-state index in [2.05, 4.69) is 5.32 Å². The molecule has 0 bridgehead atoms. The number of alkyl carbamates (subject to hydrolysis) is 1. The summed E-state index contributed by atoms with van der Waals surface area (Å²) in [6, 6.07) is -1.08. The standard InChI is InChI=1S/C13H22NO5/c1-12(2,3)18-10(16)7-9(8-15)14-11(17)19-13(4,5)6/h9H,7H2,1-6H3,(H,14,17)/t9-/m0/s1. The number of esters is 1. The van der Waals surface area contributed by atoms with Gasteiger partial charge in [0.05, 0.1) is 6.42 Å². The van der Waals surface area contributed by atoms with E-state index in [9.17, 15) is 14.4 Å². The highest BCUT2D eigenvalue weighted by Gasteiger charge is 2.24. The van der Waals surface area contributed by atoms with Gasteiger partial charge in [-0.05, 0) is 41.5 Å². The highest BCUT2D eigenvalue weighted by molar-refractivity contribution is 5.80. The van der Waals surface area contributed by atoms with Crippen molar-refractivity contribution in [3.8, 4) is 0 Å². The van der Waals surface area contributed by atoms with Crippen molar-refractivity contribution in [1.29, 1.82) is 0 Å². The molecule has 0 aromatic carbocycles. The van der Waals surface area contributed by atoms with E-state index in [0.29, 0.717) is 0 Å². The second-order valence-corrected chi connectivity index (χ2v) is 6.11. The van der Waals surface area contributed by atoms with Crippen LogP contribution >= 0.6 is 0 Å². The van der Waals surface area contributed by atoms with E-state index in [4.69, 9.17) is 9.47 Å². The molecule has 0 heterocycles. The zero-order chi connectivity index (χ0) is 15.3. The molecule has 0 aliphatic carbocycles. The highest BCUT2D eigenvalue weighted by Crippen LogP contribution is 2.10. The van der Waals surface area contributed by atoms with Crippen LogP contribution in [-0.2, 0) is 19.1 Å². The number of carbonyl (C=O) groups is 2. The molecule has 0 unspecified atom stereocenters. The third-order valence-electron chi connectivity index (χ3n) is 1.62. The molecule has 0 rings (SSSR count). The predicted molar refractivity (Wildman–Crippen MR) is 69.3 cm³/mol.